The van der Waals surface area contributed by atoms with Crippen molar-refractivity contribution in [3.8, 4) is 89.5 Å². The van der Waals surface area contributed by atoms with Gasteiger partial charge in [-0.25, -0.2) is 18.3 Å². The van der Waals surface area contributed by atoms with Gasteiger partial charge in [-0.2, -0.15) is 0 Å². The van der Waals surface area contributed by atoms with Gasteiger partial charge in [-0.3, -0.25) is 0 Å². The van der Waals surface area contributed by atoms with Gasteiger partial charge in [0.1, 0.15) is 28.2 Å². The third-order valence-electron chi connectivity index (χ3n) is 19.2. The predicted molar refractivity (Wildman–Crippen MR) is 422 cm³/mol. The van der Waals surface area contributed by atoms with E-state index < -0.39 is 0 Å². The lowest BCUT2D eigenvalue weighted by atomic mass is 9.86. The maximum Gasteiger partial charge on any atom is 0.212 e. The normalized spacial score (nSPS) is 11.3. The summed E-state index contributed by atoms with van der Waals surface area (Å²) in [6, 6.07) is 73.7. The Morgan fingerprint density at radius 3 is 1.00 bits per heavy atom. The standard InChI is InChI=1S/2C26H32N.C22H24N.C21H22N/c1-18-8-11-21(12-9-18)22-13-10-19(2)24(14-22)25-15-23(16-26(4,5)6)20(3)17-27(25)7;1-18-8-10-22(11-9-18)23-16-24(20(3)14-19(23)2)25-15-21(12-13-27(25)7)17-26(4,5)6;1-15-6-9-19(10-7-15)20-11-8-16(2)21(13-20)22-12-17(3)18(4)14-23(22)5;1-15-5-8-18(9-6-15)19-10-7-17(3)20(14-19)21-13-16(2)11-12-22(21)4/h8-15,17H,16H2,1-7H3;8-16H,17H2,1-7H3;6-14H,1-5H3;5-14H,1-4H3/q4*+1. The minimum Gasteiger partial charge on any atom is -0.201 e. The first kappa shape index (κ1) is 73.6. The first-order valence-corrected chi connectivity index (χ1v) is 35.4. The molecule has 99 heavy (non-hydrogen) atoms. The Hall–Kier alpha value is -9.64. The highest BCUT2D eigenvalue weighted by Crippen LogP contribution is 2.36. The van der Waals surface area contributed by atoms with Crippen molar-refractivity contribution in [3.05, 3.63) is 308 Å². The molecule has 0 amide bonds. The van der Waals surface area contributed by atoms with Crippen molar-refractivity contribution in [3.63, 3.8) is 0 Å². The first-order chi connectivity index (χ1) is 46.8. The molecule has 506 valence electrons. The Bertz CT molecular complexity index is 4820. The Morgan fingerprint density at radius 1 is 0.232 bits per heavy atom. The van der Waals surface area contributed by atoms with Gasteiger partial charge in [0.2, 0.25) is 22.8 Å². The predicted octanol–water partition coefficient (Wildman–Crippen LogP) is 22.6. The average Bonchev–Trinajstić information content (AvgIpc) is 0.806. The van der Waals surface area contributed by atoms with Gasteiger partial charge < -0.3 is 0 Å². The summed E-state index contributed by atoms with van der Waals surface area (Å²) in [6.07, 6.45) is 11.0. The van der Waals surface area contributed by atoms with Crippen LogP contribution in [-0.4, -0.2) is 0 Å². The summed E-state index contributed by atoms with van der Waals surface area (Å²) >= 11 is 0. The third-order valence-corrected chi connectivity index (χ3v) is 19.2. The van der Waals surface area contributed by atoms with E-state index in [0.29, 0.717) is 0 Å². The lowest BCUT2D eigenvalue weighted by molar-refractivity contribution is -0.660. The zero-order valence-corrected chi connectivity index (χ0v) is 64.1. The fraction of sp³-hybridized carbons (Fsp3) is 0.284. The Balaban J connectivity index is 0.000000155. The molecule has 0 aliphatic heterocycles. The van der Waals surface area contributed by atoms with Crippen LogP contribution in [0.5, 0.6) is 0 Å². The number of hydrogen-bond donors (Lipinski definition) is 0. The monoisotopic (exact) mass is 1310 g/mol. The third kappa shape index (κ3) is 19.2. The van der Waals surface area contributed by atoms with Crippen LogP contribution in [0.1, 0.15) is 125 Å². The van der Waals surface area contributed by atoms with E-state index in [9.17, 15) is 0 Å². The molecule has 4 nitrogen and oxygen atoms in total. The van der Waals surface area contributed by atoms with Crippen molar-refractivity contribution in [2.45, 2.75) is 144 Å². The number of pyridine rings is 4. The summed E-state index contributed by atoms with van der Waals surface area (Å²) in [5, 5.41) is 0. The molecule has 4 aromatic heterocycles. The van der Waals surface area contributed by atoms with E-state index in [2.05, 4.69) is 403 Å². The van der Waals surface area contributed by atoms with E-state index in [1.54, 1.807) is 0 Å². The van der Waals surface area contributed by atoms with Crippen molar-refractivity contribution in [2.75, 3.05) is 0 Å². The summed E-state index contributed by atoms with van der Waals surface area (Å²) in [7, 11) is 8.52. The zero-order chi connectivity index (χ0) is 71.8. The molecule has 0 fully saturated rings. The van der Waals surface area contributed by atoms with Gasteiger partial charge in [0, 0.05) is 69.8 Å². The van der Waals surface area contributed by atoms with Gasteiger partial charge in [0.15, 0.2) is 24.8 Å². The Morgan fingerprint density at radius 2 is 0.576 bits per heavy atom. The van der Waals surface area contributed by atoms with Gasteiger partial charge in [0.25, 0.3) is 0 Å². The fourth-order valence-corrected chi connectivity index (χ4v) is 13.2. The summed E-state index contributed by atoms with van der Waals surface area (Å²) in [5.74, 6) is 0. The molecule has 12 aromatic rings. The second-order valence-corrected chi connectivity index (χ2v) is 30.9. The molecule has 0 saturated heterocycles. The molecule has 4 heteroatoms. The molecule has 0 aliphatic carbocycles. The van der Waals surface area contributed by atoms with E-state index in [0.717, 1.165) is 12.8 Å². The van der Waals surface area contributed by atoms with Crippen molar-refractivity contribution < 1.29 is 18.3 Å². The van der Waals surface area contributed by atoms with Gasteiger partial charge in [-0.1, -0.05) is 203 Å². The van der Waals surface area contributed by atoms with Crippen LogP contribution in [0.2, 0.25) is 0 Å². The van der Waals surface area contributed by atoms with E-state index in [-0.39, 0.29) is 10.8 Å². The van der Waals surface area contributed by atoms with Crippen LogP contribution in [0.4, 0.5) is 0 Å². The summed E-state index contributed by atoms with van der Waals surface area (Å²) in [6.45, 7) is 42.0. The van der Waals surface area contributed by atoms with Crippen molar-refractivity contribution in [1.29, 1.82) is 0 Å². The molecule has 0 spiro atoms. The van der Waals surface area contributed by atoms with Crippen LogP contribution in [0, 0.1) is 101 Å². The van der Waals surface area contributed by atoms with Crippen LogP contribution in [0.15, 0.2) is 225 Å². The first-order valence-electron chi connectivity index (χ1n) is 35.4. The number of aryl methyl sites for hydroxylation is 17. The molecular weight excluding hydrogens is 1200 g/mol. The van der Waals surface area contributed by atoms with E-state index in [4.69, 9.17) is 0 Å². The summed E-state index contributed by atoms with van der Waals surface area (Å²) in [4.78, 5) is 0. The van der Waals surface area contributed by atoms with Crippen LogP contribution in [0.3, 0.4) is 0 Å². The molecular formula is C95H110N4+4. The quantitative estimate of drug-likeness (QED) is 0.121. The van der Waals surface area contributed by atoms with Crippen LogP contribution >= 0.6 is 0 Å². The maximum absolute atomic E-state index is 2.39. The molecule has 0 N–H and O–H groups in total. The lowest BCUT2D eigenvalue weighted by Gasteiger charge is -2.19. The van der Waals surface area contributed by atoms with Crippen LogP contribution in [0.25, 0.3) is 89.5 Å². The lowest BCUT2D eigenvalue weighted by Crippen LogP contribution is -2.32. The molecule has 0 unspecified atom stereocenters. The molecule has 0 radical (unpaired) electrons. The van der Waals surface area contributed by atoms with E-state index in [1.165, 1.54) is 173 Å². The average molecular weight is 1310 g/mol. The minimum absolute atomic E-state index is 0.279. The SMILES string of the molecule is Cc1ccc(-c2cc(-c3cc(CC(C)(C)C)cc[n+]3C)c(C)cc2C)cc1.Cc1ccc(-c2ccc(C)c(-c3cc(C)c(C)c[n+]3C)c2)cc1.Cc1ccc(-c2ccc(C)c(-c3cc(C)cc[n+]3C)c2)cc1.Cc1ccc(-c2ccc(C)c(-c3cc(CC(C)(C)C)c(C)c[n+]3C)c2)cc1. The molecule has 0 saturated carbocycles. The highest BCUT2D eigenvalue weighted by molar-refractivity contribution is 5.78. The highest BCUT2D eigenvalue weighted by Gasteiger charge is 2.23. The number of benzene rings is 8. The highest BCUT2D eigenvalue weighted by atomic mass is 14.9. The molecule has 8 aromatic carbocycles. The van der Waals surface area contributed by atoms with Crippen LogP contribution < -0.4 is 18.3 Å². The zero-order valence-electron chi connectivity index (χ0n) is 64.1. The second-order valence-electron chi connectivity index (χ2n) is 30.9. The molecule has 4 heterocycles. The Labute approximate surface area is 596 Å². The smallest absolute Gasteiger partial charge is 0.201 e. The van der Waals surface area contributed by atoms with Gasteiger partial charge in [0.05, 0.1) is 0 Å². The van der Waals surface area contributed by atoms with Crippen molar-refractivity contribution >= 4 is 0 Å². The summed E-state index contributed by atoms with van der Waals surface area (Å²) in [5.41, 5.74) is 41.0. The molecule has 0 bridgehead atoms. The summed E-state index contributed by atoms with van der Waals surface area (Å²) < 4.78 is 8.92. The Kier molecular flexibility index (Phi) is 23.4. The van der Waals surface area contributed by atoms with E-state index >= 15 is 0 Å². The van der Waals surface area contributed by atoms with E-state index in [1.807, 2.05) is 0 Å². The maximum atomic E-state index is 2.39. The molecule has 0 aliphatic rings. The topological polar surface area (TPSA) is 15.5 Å². The van der Waals surface area contributed by atoms with Gasteiger partial charge >= 0.3 is 0 Å². The fourth-order valence-electron chi connectivity index (χ4n) is 13.2. The van der Waals surface area contributed by atoms with Crippen LogP contribution in [-0.2, 0) is 41.0 Å². The van der Waals surface area contributed by atoms with Crippen molar-refractivity contribution in [2.24, 2.45) is 39.0 Å². The van der Waals surface area contributed by atoms with Gasteiger partial charge in [-0.05, 0) is 233 Å². The molecule has 0 atom stereocenters. The number of nitrogens with zero attached hydrogens (tertiary/aromatic N) is 4. The van der Waals surface area contributed by atoms with Gasteiger partial charge in [-0.15, -0.1) is 0 Å². The largest absolute Gasteiger partial charge is 0.212 e. The number of aromatic nitrogens is 4. The minimum atomic E-state index is 0.279. The number of hydrogen-bond acceptors (Lipinski definition) is 0. The molecule has 12 rings (SSSR count). The second kappa shape index (κ2) is 31.5. The number of rotatable bonds is 10. The van der Waals surface area contributed by atoms with Crippen molar-refractivity contribution in [1.82, 2.24) is 0 Å².